The van der Waals surface area contributed by atoms with Crippen molar-refractivity contribution in [1.82, 2.24) is 4.90 Å². The van der Waals surface area contributed by atoms with Crippen LogP contribution in [0.5, 0.6) is 11.5 Å². The normalized spacial score (nSPS) is 12.4. The van der Waals surface area contributed by atoms with E-state index in [-0.39, 0.29) is 6.04 Å². The van der Waals surface area contributed by atoms with Crippen molar-refractivity contribution in [3.63, 3.8) is 0 Å². The van der Waals surface area contributed by atoms with Crippen LogP contribution in [0.4, 0.5) is 0 Å². The third kappa shape index (κ3) is 4.93. The molecule has 118 valence electrons. The fraction of sp³-hybridized carbons (Fsp3) is 0.333. The van der Waals surface area contributed by atoms with Crippen LogP contribution in [0.3, 0.4) is 0 Å². The van der Waals surface area contributed by atoms with Gasteiger partial charge in [-0.25, -0.2) is 0 Å². The van der Waals surface area contributed by atoms with Crippen molar-refractivity contribution < 1.29 is 9.84 Å². The molecule has 4 heteroatoms. The first-order valence-electron chi connectivity index (χ1n) is 7.44. The number of nitrogens with zero attached hydrogens (tertiary/aromatic N) is 1. The maximum absolute atomic E-state index is 9.56. The monoisotopic (exact) mass is 319 g/mol. The molecule has 22 heavy (non-hydrogen) atoms. The molecule has 0 radical (unpaired) electrons. The Kier molecular flexibility index (Phi) is 6.10. The number of aromatic hydroxyl groups is 1. The van der Waals surface area contributed by atoms with Crippen LogP contribution in [-0.2, 0) is 0 Å². The summed E-state index contributed by atoms with van der Waals surface area (Å²) in [5.41, 5.74) is 1.11. The summed E-state index contributed by atoms with van der Waals surface area (Å²) < 4.78 is 5.69. The molecule has 3 nitrogen and oxygen atoms in total. The number of hydrogen-bond acceptors (Lipinski definition) is 3. The van der Waals surface area contributed by atoms with E-state index in [1.54, 1.807) is 6.07 Å². The van der Waals surface area contributed by atoms with Gasteiger partial charge in [0, 0.05) is 17.6 Å². The van der Waals surface area contributed by atoms with E-state index in [4.69, 9.17) is 16.3 Å². The van der Waals surface area contributed by atoms with Crippen molar-refractivity contribution >= 4 is 11.6 Å². The van der Waals surface area contributed by atoms with E-state index < -0.39 is 0 Å². The molecule has 0 aromatic heterocycles. The number of rotatable bonds is 7. The molecular weight excluding hydrogens is 298 g/mol. The summed E-state index contributed by atoms with van der Waals surface area (Å²) in [7, 11) is 2.08. The van der Waals surface area contributed by atoms with E-state index in [0.717, 1.165) is 24.3 Å². The molecule has 0 saturated heterocycles. The third-order valence-electron chi connectivity index (χ3n) is 3.73. The molecule has 1 atom stereocenters. The summed E-state index contributed by atoms with van der Waals surface area (Å²) in [6.07, 6.45) is 0.923. The van der Waals surface area contributed by atoms with Gasteiger partial charge in [-0.05, 0) is 56.3 Å². The predicted octanol–water partition coefficient (Wildman–Crippen LogP) is 4.51. The van der Waals surface area contributed by atoms with E-state index in [9.17, 15) is 5.11 Å². The molecule has 2 aromatic carbocycles. The summed E-state index contributed by atoms with van der Waals surface area (Å²) in [5.74, 6) is 1.11. The molecule has 1 N–H and O–H groups in total. The fourth-order valence-corrected chi connectivity index (χ4v) is 2.47. The van der Waals surface area contributed by atoms with Crippen LogP contribution in [0.15, 0.2) is 48.5 Å². The van der Waals surface area contributed by atoms with E-state index >= 15 is 0 Å². The largest absolute Gasteiger partial charge is 0.508 e. The van der Waals surface area contributed by atoms with E-state index in [2.05, 4.69) is 18.9 Å². The second-order valence-corrected chi connectivity index (χ2v) is 5.85. The zero-order valence-electron chi connectivity index (χ0n) is 13.0. The Morgan fingerprint density at radius 1 is 1.18 bits per heavy atom. The lowest BCUT2D eigenvalue weighted by Crippen LogP contribution is -2.24. The molecular formula is C18H22ClNO2. The van der Waals surface area contributed by atoms with Crippen molar-refractivity contribution in [3.8, 4) is 11.5 Å². The second kappa shape index (κ2) is 8.06. The Balaban J connectivity index is 1.76. The van der Waals surface area contributed by atoms with Gasteiger partial charge < -0.3 is 9.84 Å². The average Bonchev–Trinajstić information content (AvgIpc) is 2.50. The highest BCUT2D eigenvalue weighted by atomic mass is 35.5. The van der Waals surface area contributed by atoms with Crippen LogP contribution >= 0.6 is 11.6 Å². The summed E-state index contributed by atoms with van der Waals surface area (Å²) in [6.45, 7) is 3.70. The molecule has 0 aliphatic rings. The molecule has 0 spiro atoms. The van der Waals surface area contributed by atoms with Crippen molar-refractivity contribution in [3.05, 3.63) is 59.1 Å². The van der Waals surface area contributed by atoms with Crippen molar-refractivity contribution in [2.24, 2.45) is 0 Å². The summed E-state index contributed by atoms with van der Waals surface area (Å²) in [6, 6.07) is 15.1. The minimum absolute atomic E-state index is 0.248. The van der Waals surface area contributed by atoms with E-state index in [0.29, 0.717) is 17.4 Å². The smallest absolute Gasteiger partial charge is 0.120 e. The number of ether oxygens (including phenoxy) is 1. The quantitative estimate of drug-likeness (QED) is 0.762. The number of benzene rings is 2. The van der Waals surface area contributed by atoms with Crippen LogP contribution < -0.4 is 4.74 Å². The third-order valence-corrected chi connectivity index (χ3v) is 3.97. The van der Waals surface area contributed by atoms with Gasteiger partial charge in [-0.1, -0.05) is 29.8 Å². The van der Waals surface area contributed by atoms with Gasteiger partial charge >= 0.3 is 0 Å². The first-order chi connectivity index (χ1) is 10.6. The lowest BCUT2D eigenvalue weighted by Gasteiger charge is -2.25. The Bertz CT molecular complexity index is 603. The Morgan fingerprint density at radius 3 is 2.68 bits per heavy atom. The summed E-state index contributed by atoms with van der Waals surface area (Å²) in [4.78, 5) is 2.25. The van der Waals surface area contributed by atoms with Gasteiger partial charge in [0.05, 0.1) is 6.61 Å². The summed E-state index contributed by atoms with van der Waals surface area (Å²) >= 11 is 5.92. The average molecular weight is 320 g/mol. The topological polar surface area (TPSA) is 32.7 Å². The Labute approximate surface area is 137 Å². The SMILES string of the molecule is CC(c1cccc(O)c1)N(C)CCCOc1cccc(Cl)c1. The second-order valence-electron chi connectivity index (χ2n) is 5.41. The highest BCUT2D eigenvalue weighted by Crippen LogP contribution is 2.22. The molecule has 2 aromatic rings. The molecule has 0 aliphatic carbocycles. The minimum Gasteiger partial charge on any atom is -0.508 e. The minimum atomic E-state index is 0.248. The highest BCUT2D eigenvalue weighted by Gasteiger charge is 2.11. The number of halogens is 1. The molecule has 0 amide bonds. The molecule has 2 rings (SSSR count). The lowest BCUT2D eigenvalue weighted by molar-refractivity contribution is 0.225. The van der Waals surface area contributed by atoms with Crippen LogP contribution in [0, 0.1) is 0 Å². The first-order valence-corrected chi connectivity index (χ1v) is 7.81. The van der Waals surface area contributed by atoms with E-state index in [1.807, 2.05) is 42.5 Å². The molecule has 0 heterocycles. The van der Waals surface area contributed by atoms with Gasteiger partial charge in [-0.3, -0.25) is 4.90 Å². The summed E-state index contributed by atoms with van der Waals surface area (Å²) in [5, 5.41) is 10.2. The molecule has 0 saturated carbocycles. The Morgan fingerprint density at radius 2 is 1.95 bits per heavy atom. The maximum atomic E-state index is 9.56. The molecule has 0 bridgehead atoms. The molecule has 1 unspecified atom stereocenters. The molecule has 0 aliphatic heterocycles. The van der Waals surface area contributed by atoms with Gasteiger partial charge in [-0.2, -0.15) is 0 Å². The van der Waals surface area contributed by atoms with Gasteiger partial charge in [0.1, 0.15) is 11.5 Å². The Hall–Kier alpha value is -1.71. The number of hydrogen-bond donors (Lipinski definition) is 1. The zero-order valence-corrected chi connectivity index (χ0v) is 13.8. The standard InChI is InChI=1S/C18H22ClNO2/c1-14(15-6-3-8-17(21)12-15)20(2)10-5-11-22-18-9-4-7-16(19)13-18/h3-4,6-9,12-14,21H,5,10-11H2,1-2H3. The number of phenolic OH excluding ortho intramolecular Hbond substituents is 1. The fourth-order valence-electron chi connectivity index (χ4n) is 2.29. The van der Waals surface area contributed by atoms with E-state index in [1.165, 1.54) is 0 Å². The zero-order chi connectivity index (χ0) is 15.9. The van der Waals surface area contributed by atoms with Crippen molar-refractivity contribution in [1.29, 1.82) is 0 Å². The lowest BCUT2D eigenvalue weighted by atomic mass is 10.1. The predicted molar refractivity (Wildman–Crippen MR) is 90.7 cm³/mol. The van der Waals surface area contributed by atoms with Crippen LogP contribution in [-0.4, -0.2) is 30.2 Å². The van der Waals surface area contributed by atoms with Gasteiger partial charge in [-0.15, -0.1) is 0 Å². The first kappa shape index (κ1) is 16.7. The van der Waals surface area contributed by atoms with Crippen molar-refractivity contribution in [2.45, 2.75) is 19.4 Å². The number of phenols is 1. The maximum Gasteiger partial charge on any atom is 0.120 e. The highest BCUT2D eigenvalue weighted by molar-refractivity contribution is 6.30. The van der Waals surface area contributed by atoms with Crippen molar-refractivity contribution in [2.75, 3.05) is 20.2 Å². The van der Waals surface area contributed by atoms with Crippen LogP contribution in [0.1, 0.15) is 24.9 Å². The van der Waals surface area contributed by atoms with Gasteiger partial charge in [0.15, 0.2) is 0 Å². The van der Waals surface area contributed by atoms with Gasteiger partial charge in [0.2, 0.25) is 0 Å². The molecule has 0 fully saturated rings. The van der Waals surface area contributed by atoms with Crippen LogP contribution in [0.2, 0.25) is 5.02 Å². The van der Waals surface area contributed by atoms with Gasteiger partial charge in [0.25, 0.3) is 0 Å². The van der Waals surface area contributed by atoms with Crippen LogP contribution in [0.25, 0.3) is 0 Å².